The van der Waals surface area contributed by atoms with Gasteiger partial charge >= 0.3 is 0 Å². The highest BCUT2D eigenvalue weighted by Crippen LogP contribution is 2.22. The summed E-state index contributed by atoms with van der Waals surface area (Å²) in [5, 5.41) is 3.34. The molecule has 1 fully saturated rings. The van der Waals surface area contributed by atoms with Gasteiger partial charge in [0.15, 0.2) is 0 Å². The third kappa shape index (κ3) is 2.58. The van der Waals surface area contributed by atoms with Gasteiger partial charge in [0, 0.05) is 38.8 Å². The van der Waals surface area contributed by atoms with E-state index < -0.39 is 0 Å². The molecule has 1 heterocycles. The Bertz CT molecular complexity index is 341. The molecule has 1 aliphatic rings. The minimum Gasteiger partial charge on any atom is -0.329 e. The number of hydrogen-bond donors (Lipinski definition) is 2. The standard InChI is InChI=1S/C12H18FN3/c13-11-3-1-2-10(8-11)12-9-15-5-7-16(12)6-4-14/h1-3,8,12,15H,4-7,9,14H2. The molecule has 0 saturated carbocycles. The lowest BCUT2D eigenvalue weighted by molar-refractivity contribution is 0.166. The summed E-state index contributed by atoms with van der Waals surface area (Å²) < 4.78 is 13.2. The first-order valence-electron chi connectivity index (χ1n) is 5.71. The lowest BCUT2D eigenvalue weighted by Gasteiger charge is -2.36. The minimum atomic E-state index is -0.171. The third-order valence-electron chi connectivity index (χ3n) is 3.00. The molecular formula is C12H18FN3. The number of piperazine rings is 1. The Kier molecular flexibility index (Phi) is 3.88. The van der Waals surface area contributed by atoms with Crippen LogP contribution >= 0.6 is 0 Å². The number of nitrogens with one attached hydrogen (secondary N) is 1. The van der Waals surface area contributed by atoms with Gasteiger partial charge < -0.3 is 11.1 Å². The maximum atomic E-state index is 13.2. The van der Waals surface area contributed by atoms with Crippen molar-refractivity contribution in [2.75, 3.05) is 32.7 Å². The average molecular weight is 223 g/mol. The Morgan fingerprint density at radius 2 is 2.38 bits per heavy atom. The van der Waals surface area contributed by atoms with Crippen LogP contribution < -0.4 is 11.1 Å². The predicted molar refractivity (Wildman–Crippen MR) is 62.6 cm³/mol. The van der Waals surface area contributed by atoms with Crippen LogP contribution in [0.4, 0.5) is 4.39 Å². The Morgan fingerprint density at radius 1 is 1.50 bits per heavy atom. The highest BCUT2D eigenvalue weighted by atomic mass is 19.1. The van der Waals surface area contributed by atoms with E-state index in [1.165, 1.54) is 6.07 Å². The Labute approximate surface area is 95.4 Å². The molecule has 3 N–H and O–H groups in total. The minimum absolute atomic E-state index is 0.171. The van der Waals surface area contributed by atoms with E-state index in [1.54, 1.807) is 12.1 Å². The zero-order chi connectivity index (χ0) is 11.4. The lowest BCUT2D eigenvalue weighted by Crippen LogP contribution is -2.47. The molecule has 1 aliphatic heterocycles. The summed E-state index contributed by atoms with van der Waals surface area (Å²) in [6.45, 7) is 4.32. The molecule has 1 atom stereocenters. The van der Waals surface area contributed by atoms with Crippen LogP contribution in [0.2, 0.25) is 0 Å². The van der Waals surface area contributed by atoms with E-state index in [1.807, 2.05) is 6.07 Å². The summed E-state index contributed by atoms with van der Waals surface area (Å²) in [5.74, 6) is -0.171. The van der Waals surface area contributed by atoms with Crippen molar-refractivity contribution < 1.29 is 4.39 Å². The maximum absolute atomic E-state index is 13.2. The van der Waals surface area contributed by atoms with Crippen molar-refractivity contribution in [2.24, 2.45) is 5.73 Å². The van der Waals surface area contributed by atoms with Crippen LogP contribution in [-0.2, 0) is 0 Å². The van der Waals surface area contributed by atoms with Gasteiger partial charge in [-0.15, -0.1) is 0 Å². The normalized spacial score (nSPS) is 22.2. The molecule has 1 saturated heterocycles. The van der Waals surface area contributed by atoms with Gasteiger partial charge in [0.2, 0.25) is 0 Å². The summed E-state index contributed by atoms with van der Waals surface area (Å²) in [6.07, 6.45) is 0. The van der Waals surface area contributed by atoms with Crippen LogP contribution in [0.1, 0.15) is 11.6 Å². The highest BCUT2D eigenvalue weighted by Gasteiger charge is 2.22. The molecule has 1 unspecified atom stereocenters. The van der Waals surface area contributed by atoms with Crippen molar-refractivity contribution >= 4 is 0 Å². The van der Waals surface area contributed by atoms with Crippen molar-refractivity contribution in [3.05, 3.63) is 35.6 Å². The number of halogens is 1. The van der Waals surface area contributed by atoms with Crippen LogP contribution in [0.3, 0.4) is 0 Å². The molecular weight excluding hydrogens is 205 g/mol. The molecule has 4 heteroatoms. The summed E-state index contributed by atoms with van der Waals surface area (Å²) in [7, 11) is 0. The van der Waals surface area contributed by atoms with Crippen LogP contribution in [0.5, 0.6) is 0 Å². The van der Waals surface area contributed by atoms with E-state index in [9.17, 15) is 4.39 Å². The maximum Gasteiger partial charge on any atom is 0.123 e. The molecule has 3 nitrogen and oxygen atoms in total. The van der Waals surface area contributed by atoms with Crippen LogP contribution in [0.25, 0.3) is 0 Å². The molecule has 2 rings (SSSR count). The van der Waals surface area contributed by atoms with Crippen molar-refractivity contribution in [3.63, 3.8) is 0 Å². The molecule has 1 aromatic rings. The van der Waals surface area contributed by atoms with E-state index in [4.69, 9.17) is 5.73 Å². The van der Waals surface area contributed by atoms with Crippen molar-refractivity contribution in [1.29, 1.82) is 0 Å². The first-order chi connectivity index (χ1) is 7.81. The largest absolute Gasteiger partial charge is 0.329 e. The van der Waals surface area contributed by atoms with Gasteiger partial charge in [-0.05, 0) is 17.7 Å². The van der Waals surface area contributed by atoms with Gasteiger partial charge in [0.1, 0.15) is 5.82 Å². The number of nitrogens with two attached hydrogens (primary N) is 1. The van der Waals surface area contributed by atoms with E-state index in [0.29, 0.717) is 6.54 Å². The Morgan fingerprint density at radius 3 is 3.12 bits per heavy atom. The molecule has 0 radical (unpaired) electrons. The molecule has 0 bridgehead atoms. The molecule has 0 amide bonds. The molecule has 88 valence electrons. The van der Waals surface area contributed by atoms with Crippen LogP contribution in [-0.4, -0.2) is 37.6 Å². The van der Waals surface area contributed by atoms with Crippen molar-refractivity contribution in [1.82, 2.24) is 10.2 Å². The van der Waals surface area contributed by atoms with Gasteiger partial charge in [0.25, 0.3) is 0 Å². The van der Waals surface area contributed by atoms with Gasteiger partial charge in [-0.3, -0.25) is 4.90 Å². The van der Waals surface area contributed by atoms with Gasteiger partial charge in [-0.1, -0.05) is 12.1 Å². The second-order valence-corrected chi connectivity index (χ2v) is 4.10. The number of benzene rings is 1. The van der Waals surface area contributed by atoms with E-state index in [0.717, 1.165) is 31.7 Å². The van der Waals surface area contributed by atoms with Crippen molar-refractivity contribution in [2.45, 2.75) is 6.04 Å². The monoisotopic (exact) mass is 223 g/mol. The third-order valence-corrected chi connectivity index (χ3v) is 3.00. The smallest absolute Gasteiger partial charge is 0.123 e. The fourth-order valence-electron chi connectivity index (χ4n) is 2.22. The highest BCUT2D eigenvalue weighted by molar-refractivity contribution is 5.21. The predicted octanol–water partition coefficient (Wildman–Crippen LogP) is 0.731. The van der Waals surface area contributed by atoms with E-state index in [2.05, 4.69) is 10.2 Å². The van der Waals surface area contributed by atoms with Crippen LogP contribution in [0.15, 0.2) is 24.3 Å². The number of nitrogens with zero attached hydrogens (tertiary/aromatic N) is 1. The van der Waals surface area contributed by atoms with Gasteiger partial charge in [-0.2, -0.15) is 0 Å². The zero-order valence-corrected chi connectivity index (χ0v) is 9.32. The van der Waals surface area contributed by atoms with E-state index >= 15 is 0 Å². The zero-order valence-electron chi connectivity index (χ0n) is 9.32. The average Bonchev–Trinajstić information content (AvgIpc) is 2.30. The fraction of sp³-hybridized carbons (Fsp3) is 0.500. The summed E-state index contributed by atoms with van der Waals surface area (Å²) in [6, 6.07) is 7.08. The Hall–Kier alpha value is -0.970. The summed E-state index contributed by atoms with van der Waals surface area (Å²) >= 11 is 0. The second kappa shape index (κ2) is 5.39. The number of hydrogen-bond acceptors (Lipinski definition) is 3. The van der Waals surface area contributed by atoms with Crippen molar-refractivity contribution in [3.8, 4) is 0 Å². The molecule has 0 spiro atoms. The number of rotatable bonds is 3. The quantitative estimate of drug-likeness (QED) is 0.794. The Balaban J connectivity index is 2.16. The van der Waals surface area contributed by atoms with Crippen LogP contribution in [0, 0.1) is 5.82 Å². The first-order valence-corrected chi connectivity index (χ1v) is 5.71. The molecule has 0 aromatic heterocycles. The second-order valence-electron chi connectivity index (χ2n) is 4.10. The van der Waals surface area contributed by atoms with Gasteiger partial charge in [-0.25, -0.2) is 4.39 Å². The summed E-state index contributed by atoms with van der Waals surface area (Å²) in [5.41, 5.74) is 6.62. The van der Waals surface area contributed by atoms with Gasteiger partial charge in [0.05, 0.1) is 0 Å². The van der Waals surface area contributed by atoms with E-state index in [-0.39, 0.29) is 11.9 Å². The summed E-state index contributed by atoms with van der Waals surface area (Å²) in [4.78, 5) is 2.31. The topological polar surface area (TPSA) is 41.3 Å². The first kappa shape index (κ1) is 11.5. The lowest BCUT2D eigenvalue weighted by atomic mass is 10.0. The molecule has 16 heavy (non-hydrogen) atoms. The molecule has 1 aromatic carbocycles. The fourth-order valence-corrected chi connectivity index (χ4v) is 2.22. The molecule has 0 aliphatic carbocycles. The SMILES string of the molecule is NCCN1CCNCC1c1cccc(F)c1.